The molecule has 1 aliphatic rings. The van der Waals surface area contributed by atoms with E-state index in [9.17, 15) is 13.2 Å². The van der Waals surface area contributed by atoms with Gasteiger partial charge in [-0.15, -0.1) is 0 Å². The number of nitrogens with zero attached hydrogens (tertiary/aromatic N) is 4. The molecule has 1 atom stereocenters. The van der Waals surface area contributed by atoms with Crippen LogP contribution in [-0.2, 0) is 21.5 Å². The Labute approximate surface area is 197 Å². The summed E-state index contributed by atoms with van der Waals surface area (Å²) in [7, 11) is -2.44. The highest BCUT2D eigenvalue weighted by atomic mass is 35.5. The van der Waals surface area contributed by atoms with Crippen LogP contribution < -0.4 is 5.32 Å². The second-order valence-corrected chi connectivity index (χ2v) is 10.3. The molecule has 0 saturated carbocycles. The van der Waals surface area contributed by atoms with E-state index in [1.165, 1.54) is 11.4 Å². The van der Waals surface area contributed by atoms with Gasteiger partial charge in [-0.3, -0.25) is 9.78 Å². The molecule has 2 heterocycles. The van der Waals surface area contributed by atoms with Crippen molar-refractivity contribution in [2.24, 2.45) is 0 Å². The van der Waals surface area contributed by atoms with Gasteiger partial charge in [-0.2, -0.15) is 22.3 Å². The standard InChI is InChI=1S/C23H22ClN5O3S/c1-28(10-4-9-25)33(31,32)29-14-17-7-8-18(24)11-20(17)21(15-29)23(30)27-22-13-26-12-16-5-2-3-6-19(16)22/h2-3,5-8,11-13,21H,4,10,14-15H2,1H3,(H,27,30)/t21-/m1/s1. The van der Waals surface area contributed by atoms with E-state index in [2.05, 4.69) is 10.3 Å². The molecule has 8 nitrogen and oxygen atoms in total. The Kier molecular flexibility index (Phi) is 6.63. The predicted molar refractivity (Wildman–Crippen MR) is 127 cm³/mol. The molecule has 1 aromatic heterocycles. The van der Waals surface area contributed by atoms with E-state index in [4.69, 9.17) is 16.9 Å². The van der Waals surface area contributed by atoms with Crippen LogP contribution in [0.25, 0.3) is 10.8 Å². The summed E-state index contributed by atoms with van der Waals surface area (Å²) in [6, 6.07) is 14.6. The van der Waals surface area contributed by atoms with Gasteiger partial charge in [0.1, 0.15) is 0 Å². The third-order valence-corrected chi connectivity index (χ3v) is 7.85. The van der Waals surface area contributed by atoms with Gasteiger partial charge >= 0.3 is 0 Å². The maximum Gasteiger partial charge on any atom is 0.282 e. The lowest BCUT2D eigenvalue weighted by Gasteiger charge is -2.35. The molecule has 0 unspecified atom stereocenters. The first-order valence-corrected chi connectivity index (χ1v) is 12.1. The Morgan fingerprint density at radius 1 is 1.30 bits per heavy atom. The van der Waals surface area contributed by atoms with Gasteiger partial charge in [-0.05, 0) is 23.3 Å². The third-order valence-electron chi connectivity index (χ3n) is 5.72. The molecule has 2 aromatic carbocycles. The van der Waals surface area contributed by atoms with Crippen LogP contribution in [0.15, 0.2) is 54.9 Å². The number of hydrogen-bond donors (Lipinski definition) is 1. The smallest absolute Gasteiger partial charge is 0.282 e. The fraction of sp³-hybridized carbons (Fsp3) is 0.261. The van der Waals surface area contributed by atoms with Crippen molar-refractivity contribution < 1.29 is 13.2 Å². The number of rotatable bonds is 6. The number of carbonyl (C=O) groups excluding carboxylic acids is 1. The van der Waals surface area contributed by atoms with Crippen molar-refractivity contribution in [3.05, 3.63) is 71.0 Å². The largest absolute Gasteiger partial charge is 0.324 e. The molecule has 33 heavy (non-hydrogen) atoms. The first-order valence-electron chi connectivity index (χ1n) is 10.3. The number of anilines is 1. The number of hydrogen-bond acceptors (Lipinski definition) is 5. The molecule has 1 aliphatic heterocycles. The average molecular weight is 484 g/mol. The number of nitriles is 1. The van der Waals surface area contributed by atoms with Crippen molar-refractivity contribution in [3.63, 3.8) is 0 Å². The van der Waals surface area contributed by atoms with Crippen molar-refractivity contribution in [2.75, 3.05) is 25.5 Å². The molecule has 3 aromatic rings. The number of nitrogens with one attached hydrogen (secondary N) is 1. The van der Waals surface area contributed by atoms with Crippen LogP contribution in [0, 0.1) is 11.3 Å². The van der Waals surface area contributed by atoms with Crippen LogP contribution in [0.4, 0.5) is 5.69 Å². The van der Waals surface area contributed by atoms with Gasteiger partial charge < -0.3 is 5.32 Å². The van der Waals surface area contributed by atoms with E-state index in [1.807, 2.05) is 30.3 Å². The SMILES string of the molecule is CN(CCC#N)S(=O)(=O)N1Cc2ccc(Cl)cc2[C@H](C(=O)Nc2cncc3ccccc23)C1. The molecule has 0 bridgehead atoms. The van der Waals surface area contributed by atoms with Crippen molar-refractivity contribution in [1.82, 2.24) is 13.6 Å². The van der Waals surface area contributed by atoms with E-state index in [0.29, 0.717) is 21.8 Å². The Morgan fingerprint density at radius 2 is 2.09 bits per heavy atom. The van der Waals surface area contributed by atoms with Crippen LogP contribution in [0.2, 0.25) is 5.02 Å². The zero-order chi connectivity index (χ0) is 23.6. The second kappa shape index (κ2) is 9.45. The third kappa shape index (κ3) is 4.70. The lowest BCUT2D eigenvalue weighted by atomic mass is 9.90. The highest BCUT2D eigenvalue weighted by Gasteiger charge is 2.37. The molecular formula is C23H22ClN5O3S. The quantitative estimate of drug-likeness (QED) is 0.577. The fourth-order valence-corrected chi connectivity index (χ4v) is 5.48. The minimum absolute atomic E-state index is 0.0450. The molecule has 10 heteroatoms. The Balaban J connectivity index is 1.68. The molecular weight excluding hydrogens is 462 g/mol. The van der Waals surface area contributed by atoms with E-state index >= 15 is 0 Å². The Hall–Kier alpha value is -3.03. The van der Waals surface area contributed by atoms with Gasteiger partial charge in [-0.1, -0.05) is 41.9 Å². The summed E-state index contributed by atoms with van der Waals surface area (Å²) in [6.45, 7) is 0.142. The topological polar surface area (TPSA) is 106 Å². The van der Waals surface area contributed by atoms with E-state index in [1.54, 1.807) is 30.6 Å². The molecule has 1 N–H and O–H groups in total. The van der Waals surface area contributed by atoms with Gasteiger partial charge in [0, 0.05) is 55.1 Å². The van der Waals surface area contributed by atoms with Gasteiger partial charge in [-0.25, -0.2) is 0 Å². The lowest BCUT2D eigenvalue weighted by molar-refractivity contribution is -0.118. The van der Waals surface area contributed by atoms with Gasteiger partial charge in [0.05, 0.1) is 23.9 Å². The van der Waals surface area contributed by atoms with Crippen LogP contribution in [0.5, 0.6) is 0 Å². The summed E-state index contributed by atoms with van der Waals surface area (Å²) < 4.78 is 28.7. The van der Waals surface area contributed by atoms with Crippen molar-refractivity contribution in [1.29, 1.82) is 5.26 Å². The first kappa shape index (κ1) is 23.1. The molecule has 4 rings (SSSR count). The number of fused-ring (bicyclic) bond motifs is 2. The molecule has 170 valence electrons. The minimum Gasteiger partial charge on any atom is -0.324 e. The normalized spacial score (nSPS) is 16.4. The van der Waals surface area contributed by atoms with Crippen LogP contribution in [0.1, 0.15) is 23.5 Å². The molecule has 0 fully saturated rings. The number of pyridine rings is 1. The summed E-state index contributed by atoms with van der Waals surface area (Å²) in [5.74, 6) is -1.12. The average Bonchev–Trinajstić information content (AvgIpc) is 2.81. The summed E-state index contributed by atoms with van der Waals surface area (Å²) in [5, 5.41) is 13.9. The molecule has 1 amide bonds. The van der Waals surface area contributed by atoms with Crippen LogP contribution in [0.3, 0.4) is 0 Å². The van der Waals surface area contributed by atoms with Crippen molar-refractivity contribution >= 4 is 44.2 Å². The molecule has 0 saturated heterocycles. The fourth-order valence-electron chi connectivity index (χ4n) is 3.95. The Morgan fingerprint density at radius 3 is 2.88 bits per heavy atom. The minimum atomic E-state index is -3.87. The maximum atomic E-state index is 13.4. The zero-order valence-electron chi connectivity index (χ0n) is 17.9. The van der Waals surface area contributed by atoms with Gasteiger partial charge in [0.15, 0.2) is 0 Å². The molecule has 0 aliphatic carbocycles. The zero-order valence-corrected chi connectivity index (χ0v) is 19.5. The number of halogens is 1. The molecule has 0 spiro atoms. The van der Waals surface area contributed by atoms with Crippen LogP contribution >= 0.6 is 11.6 Å². The highest BCUT2D eigenvalue weighted by Crippen LogP contribution is 2.34. The summed E-state index contributed by atoms with van der Waals surface area (Å²) in [6.07, 6.45) is 3.37. The monoisotopic (exact) mass is 483 g/mol. The summed E-state index contributed by atoms with van der Waals surface area (Å²) >= 11 is 6.21. The second-order valence-electron chi connectivity index (χ2n) is 7.82. The van der Waals surface area contributed by atoms with E-state index in [-0.39, 0.29) is 32.0 Å². The van der Waals surface area contributed by atoms with E-state index < -0.39 is 16.1 Å². The first-order chi connectivity index (χ1) is 15.8. The number of benzene rings is 2. The van der Waals surface area contributed by atoms with Crippen molar-refractivity contribution in [2.45, 2.75) is 18.9 Å². The number of aromatic nitrogens is 1. The Bertz CT molecular complexity index is 1350. The van der Waals surface area contributed by atoms with Crippen molar-refractivity contribution in [3.8, 4) is 6.07 Å². The van der Waals surface area contributed by atoms with E-state index in [0.717, 1.165) is 15.1 Å². The number of amides is 1. The maximum absolute atomic E-state index is 13.4. The number of carbonyl (C=O) groups is 1. The van der Waals surface area contributed by atoms with Gasteiger partial charge in [0.25, 0.3) is 10.2 Å². The predicted octanol–water partition coefficient (Wildman–Crippen LogP) is 3.52. The van der Waals surface area contributed by atoms with Gasteiger partial charge in [0.2, 0.25) is 5.91 Å². The highest BCUT2D eigenvalue weighted by molar-refractivity contribution is 7.86. The summed E-state index contributed by atoms with van der Waals surface area (Å²) in [5.41, 5.74) is 1.95. The summed E-state index contributed by atoms with van der Waals surface area (Å²) in [4.78, 5) is 17.6. The lowest BCUT2D eigenvalue weighted by Crippen LogP contribution is -2.47. The van der Waals surface area contributed by atoms with Crippen LogP contribution in [-0.4, -0.2) is 48.1 Å². The molecule has 0 radical (unpaired) electrons.